The first-order valence-corrected chi connectivity index (χ1v) is 8.36. The van der Waals surface area contributed by atoms with Crippen molar-refractivity contribution in [3.05, 3.63) is 0 Å². The average molecular weight is 318 g/mol. The number of hydrogen-bond donors (Lipinski definition) is 0. The van der Waals surface area contributed by atoms with Gasteiger partial charge in [-0.25, -0.2) is 0 Å². The minimum atomic E-state index is -4.28. The molecule has 4 rings (SSSR count). The van der Waals surface area contributed by atoms with Gasteiger partial charge in [0.1, 0.15) is 0 Å². The lowest BCUT2D eigenvalue weighted by Crippen LogP contribution is -2.65. The normalized spacial score (nSPS) is 41.3. The molecular weight excluding hydrogens is 292 g/mol. The van der Waals surface area contributed by atoms with Crippen molar-refractivity contribution in [2.45, 2.75) is 77.6 Å². The van der Waals surface area contributed by atoms with Gasteiger partial charge in [-0.1, -0.05) is 27.7 Å². The van der Waals surface area contributed by atoms with Crippen molar-refractivity contribution in [2.24, 2.45) is 23.2 Å². The third-order valence-electron chi connectivity index (χ3n) is 6.44. The molecule has 2 bridgehead atoms. The smallest absolute Gasteiger partial charge is 0.405 e. The summed E-state index contributed by atoms with van der Waals surface area (Å²) in [7, 11) is -1.15. The number of alkyl halides is 3. The molecule has 1 aliphatic heterocycles. The fourth-order valence-corrected chi connectivity index (χ4v) is 4.98. The Morgan fingerprint density at radius 2 is 1.82 bits per heavy atom. The van der Waals surface area contributed by atoms with Crippen molar-refractivity contribution in [3.63, 3.8) is 0 Å². The van der Waals surface area contributed by atoms with Crippen LogP contribution < -0.4 is 0 Å². The maximum Gasteiger partial charge on any atom is 0.470 e. The topological polar surface area (TPSA) is 18.5 Å². The van der Waals surface area contributed by atoms with Crippen LogP contribution in [0.3, 0.4) is 0 Å². The van der Waals surface area contributed by atoms with Gasteiger partial charge in [0.2, 0.25) is 0 Å². The number of hydrogen-bond acceptors (Lipinski definition) is 2. The molecule has 0 radical (unpaired) electrons. The van der Waals surface area contributed by atoms with Crippen LogP contribution in [0.1, 0.15) is 53.9 Å². The van der Waals surface area contributed by atoms with Crippen molar-refractivity contribution in [2.75, 3.05) is 0 Å². The van der Waals surface area contributed by atoms with Crippen molar-refractivity contribution in [1.82, 2.24) is 0 Å². The number of rotatable bonds is 3. The molecule has 1 heterocycles. The lowest BCUT2D eigenvalue weighted by atomic mass is 9.43. The van der Waals surface area contributed by atoms with Gasteiger partial charge < -0.3 is 9.31 Å². The van der Waals surface area contributed by atoms with E-state index in [1.807, 2.05) is 20.8 Å². The minimum absolute atomic E-state index is 0.0422. The van der Waals surface area contributed by atoms with Gasteiger partial charge in [-0.3, -0.25) is 0 Å². The predicted octanol–water partition coefficient (Wildman–Crippen LogP) is 4.69. The van der Waals surface area contributed by atoms with Gasteiger partial charge in [-0.2, -0.15) is 13.2 Å². The quantitative estimate of drug-likeness (QED) is 0.703. The molecule has 5 atom stereocenters. The van der Waals surface area contributed by atoms with E-state index in [1.165, 1.54) is 0 Å². The fourth-order valence-electron chi connectivity index (χ4n) is 4.98. The summed E-state index contributed by atoms with van der Waals surface area (Å²) in [5.41, 5.74) is -0.418. The molecule has 4 aliphatic rings. The molecule has 0 spiro atoms. The molecule has 3 aliphatic carbocycles. The highest BCUT2D eigenvalue weighted by molar-refractivity contribution is 6.47. The Balaban J connectivity index is 1.81. The van der Waals surface area contributed by atoms with E-state index in [9.17, 15) is 13.2 Å². The Hall–Kier alpha value is -0.225. The average Bonchev–Trinajstić information content (AvgIpc) is 2.70. The monoisotopic (exact) mass is 318 g/mol. The highest BCUT2D eigenvalue weighted by Crippen LogP contribution is 2.66. The molecule has 2 nitrogen and oxygen atoms in total. The Labute approximate surface area is 131 Å². The summed E-state index contributed by atoms with van der Waals surface area (Å²) in [6.07, 6.45) is -2.54. The summed E-state index contributed by atoms with van der Waals surface area (Å²) in [6.45, 7) is 9.99. The van der Waals surface area contributed by atoms with Crippen molar-refractivity contribution in [1.29, 1.82) is 0 Å². The molecule has 3 saturated carbocycles. The van der Waals surface area contributed by atoms with E-state index < -0.39 is 24.7 Å². The van der Waals surface area contributed by atoms with Gasteiger partial charge >= 0.3 is 13.3 Å². The highest BCUT2D eigenvalue weighted by Gasteiger charge is 2.69. The van der Waals surface area contributed by atoms with Crippen LogP contribution in [0.25, 0.3) is 0 Å². The molecule has 0 aromatic rings. The van der Waals surface area contributed by atoms with Crippen LogP contribution in [0.5, 0.6) is 0 Å². The van der Waals surface area contributed by atoms with Crippen molar-refractivity contribution < 1.29 is 22.5 Å². The molecule has 4 fully saturated rings. The lowest BCUT2D eigenvalue weighted by molar-refractivity contribution is -0.200. The van der Waals surface area contributed by atoms with E-state index in [4.69, 9.17) is 9.31 Å². The van der Waals surface area contributed by atoms with Gasteiger partial charge in [0.05, 0.1) is 17.5 Å². The summed E-state index contributed by atoms with van der Waals surface area (Å²) >= 11 is 0. The summed E-state index contributed by atoms with van der Waals surface area (Å²) < 4.78 is 52.1. The molecule has 0 unspecified atom stereocenters. The molecule has 6 heteroatoms. The van der Waals surface area contributed by atoms with Crippen LogP contribution in [-0.2, 0) is 9.31 Å². The zero-order valence-corrected chi connectivity index (χ0v) is 14.0. The first-order chi connectivity index (χ1) is 9.96. The maximum absolute atomic E-state index is 13.4. The molecule has 126 valence electrons. The summed E-state index contributed by atoms with van der Waals surface area (Å²) in [5.74, 6) is -0.733. The summed E-state index contributed by atoms with van der Waals surface area (Å²) in [6, 6.07) is 0. The molecule has 0 aromatic carbocycles. The zero-order chi connectivity index (χ0) is 16.5. The van der Waals surface area contributed by atoms with Gasteiger partial charge in [0.15, 0.2) is 0 Å². The molecule has 0 amide bonds. The zero-order valence-electron chi connectivity index (χ0n) is 14.0. The Bertz CT molecular complexity index is 451. The maximum atomic E-state index is 13.4. The first-order valence-electron chi connectivity index (χ1n) is 8.36. The third-order valence-corrected chi connectivity index (χ3v) is 6.44. The van der Waals surface area contributed by atoms with Crippen LogP contribution in [0.2, 0.25) is 5.82 Å². The van der Waals surface area contributed by atoms with Crippen LogP contribution in [0, 0.1) is 23.2 Å². The molecular formula is C16H26BF3O2. The molecule has 1 saturated heterocycles. The summed E-state index contributed by atoms with van der Waals surface area (Å²) in [4.78, 5) is 0. The second kappa shape index (κ2) is 4.89. The van der Waals surface area contributed by atoms with E-state index in [0.717, 1.165) is 12.8 Å². The van der Waals surface area contributed by atoms with Crippen molar-refractivity contribution >= 4 is 7.12 Å². The standard InChI is InChI=1S/C16H26BF3O2/c1-9(2)6-12(16(18,19)20)17-21-13-8-10-7-11(14(10,3)4)15(13,5)22-17/h9-13H,6-8H2,1-5H3/t10-,11-,12+,13+,15-/m0/s1. The second-order valence-electron chi connectivity index (χ2n) is 8.61. The lowest BCUT2D eigenvalue weighted by Gasteiger charge is -2.64. The molecule has 0 N–H and O–H groups in total. The Morgan fingerprint density at radius 3 is 2.32 bits per heavy atom. The molecule has 0 aromatic heterocycles. The van der Waals surface area contributed by atoms with Crippen LogP contribution in [0.15, 0.2) is 0 Å². The van der Waals surface area contributed by atoms with E-state index in [0.29, 0.717) is 11.8 Å². The van der Waals surface area contributed by atoms with Crippen LogP contribution in [0.4, 0.5) is 13.2 Å². The second-order valence-corrected chi connectivity index (χ2v) is 8.61. The SMILES string of the molecule is CC(C)C[C@@H](B1O[C@@H]2C[C@@H]3C[C@@H](C3(C)C)[C@]2(C)O1)C(F)(F)F. The van der Waals surface area contributed by atoms with Gasteiger partial charge in [0.25, 0.3) is 0 Å². The van der Waals surface area contributed by atoms with E-state index >= 15 is 0 Å². The van der Waals surface area contributed by atoms with Gasteiger partial charge in [-0.05, 0) is 49.4 Å². The van der Waals surface area contributed by atoms with E-state index in [2.05, 4.69) is 13.8 Å². The van der Waals surface area contributed by atoms with Gasteiger partial charge in [-0.15, -0.1) is 0 Å². The van der Waals surface area contributed by atoms with E-state index in [1.54, 1.807) is 0 Å². The largest absolute Gasteiger partial charge is 0.470 e. The highest BCUT2D eigenvalue weighted by atomic mass is 19.4. The van der Waals surface area contributed by atoms with Gasteiger partial charge in [0, 0.05) is 0 Å². The predicted molar refractivity (Wildman–Crippen MR) is 79.4 cm³/mol. The first kappa shape index (κ1) is 16.6. The van der Waals surface area contributed by atoms with Crippen LogP contribution in [-0.4, -0.2) is 25.0 Å². The van der Waals surface area contributed by atoms with Crippen LogP contribution >= 0.6 is 0 Å². The Morgan fingerprint density at radius 1 is 1.18 bits per heavy atom. The minimum Gasteiger partial charge on any atom is -0.405 e. The Kier molecular flexibility index (Phi) is 3.69. The number of halogens is 3. The van der Waals surface area contributed by atoms with E-state index in [-0.39, 0.29) is 23.9 Å². The van der Waals surface area contributed by atoms with Crippen molar-refractivity contribution in [3.8, 4) is 0 Å². The third kappa shape index (κ3) is 2.32. The summed E-state index contributed by atoms with van der Waals surface area (Å²) in [5, 5.41) is 0. The molecule has 22 heavy (non-hydrogen) atoms. The fraction of sp³-hybridized carbons (Fsp3) is 1.00.